The summed E-state index contributed by atoms with van der Waals surface area (Å²) >= 11 is 1.46. The standard InChI is InChI=1S/C50H98O4S/c1-9-15-21-27-29-31-37-43-49(39-33-23-17-11-3,40-34-24-18-12-4)53-47(51)45(7)55-46(8)48(52)54-50(41-35-25-19-13-5,42-36-26-20-14-6)44-38-32-30-28-22-16-10-2/h45-46H,9-44H2,1-8H3. The lowest BCUT2D eigenvalue weighted by Gasteiger charge is -2.36. The second kappa shape index (κ2) is 37.6. The summed E-state index contributed by atoms with van der Waals surface area (Å²) in [4.78, 5) is 28.1. The smallest absolute Gasteiger partial charge is 0.319 e. The average Bonchev–Trinajstić information content (AvgIpc) is 3.17. The van der Waals surface area contributed by atoms with Gasteiger partial charge in [0.1, 0.15) is 21.7 Å². The topological polar surface area (TPSA) is 52.6 Å². The molecule has 0 bridgehead atoms. The molecular formula is C50H98O4S. The Morgan fingerprint density at radius 1 is 0.345 bits per heavy atom. The van der Waals surface area contributed by atoms with Crippen molar-refractivity contribution < 1.29 is 19.1 Å². The van der Waals surface area contributed by atoms with Crippen LogP contribution in [0.2, 0.25) is 0 Å². The van der Waals surface area contributed by atoms with Gasteiger partial charge in [-0.2, -0.15) is 0 Å². The minimum absolute atomic E-state index is 0.132. The van der Waals surface area contributed by atoms with E-state index in [4.69, 9.17) is 9.47 Å². The average molecular weight is 795 g/mol. The van der Waals surface area contributed by atoms with E-state index in [1.54, 1.807) is 0 Å². The first-order chi connectivity index (χ1) is 26.7. The van der Waals surface area contributed by atoms with Crippen molar-refractivity contribution in [3.8, 4) is 0 Å². The molecule has 328 valence electrons. The van der Waals surface area contributed by atoms with E-state index in [-0.39, 0.29) is 23.1 Å². The Labute approximate surface area is 349 Å². The van der Waals surface area contributed by atoms with Gasteiger partial charge in [-0.15, -0.1) is 11.8 Å². The number of esters is 2. The van der Waals surface area contributed by atoms with Crippen LogP contribution in [0.15, 0.2) is 0 Å². The Balaban J connectivity index is 5.90. The van der Waals surface area contributed by atoms with Crippen LogP contribution in [-0.2, 0) is 19.1 Å². The van der Waals surface area contributed by atoms with Gasteiger partial charge in [0.05, 0.1) is 0 Å². The number of hydrogen-bond donors (Lipinski definition) is 0. The molecule has 0 amide bonds. The fraction of sp³-hybridized carbons (Fsp3) is 0.960. The van der Waals surface area contributed by atoms with Crippen molar-refractivity contribution in [1.82, 2.24) is 0 Å². The van der Waals surface area contributed by atoms with Gasteiger partial charge in [-0.1, -0.05) is 196 Å². The Hall–Kier alpha value is -0.710. The number of carbonyl (C=O) groups is 2. The van der Waals surface area contributed by atoms with E-state index >= 15 is 0 Å². The van der Waals surface area contributed by atoms with E-state index in [0.29, 0.717) is 0 Å². The van der Waals surface area contributed by atoms with E-state index in [0.717, 1.165) is 77.0 Å². The fourth-order valence-electron chi connectivity index (χ4n) is 8.37. The highest BCUT2D eigenvalue weighted by molar-refractivity contribution is 8.01. The third-order valence-electron chi connectivity index (χ3n) is 12.1. The van der Waals surface area contributed by atoms with E-state index in [1.807, 2.05) is 13.8 Å². The van der Waals surface area contributed by atoms with Gasteiger partial charge in [0, 0.05) is 0 Å². The lowest BCUT2D eigenvalue weighted by Crippen LogP contribution is -2.40. The number of ether oxygens (including phenoxy) is 2. The minimum Gasteiger partial charge on any atom is -0.458 e. The molecule has 0 aromatic carbocycles. The van der Waals surface area contributed by atoms with Gasteiger partial charge in [0.15, 0.2) is 0 Å². The molecule has 0 heterocycles. The molecule has 2 unspecified atom stereocenters. The summed E-state index contributed by atoms with van der Waals surface area (Å²) in [6, 6.07) is 0. The van der Waals surface area contributed by atoms with Crippen molar-refractivity contribution in [2.24, 2.45) is 0 Å². The Kier molecular flexibility index (Phi) is 37.1. The van der Waals surface area contributed by atoms with Crippen molar-refractivity contribution in [3.63, 3.8) is 0 Å². The highest BCUT2D eigenvalue weighted by atomic mass is 32.2. The third kappa shape index (κ3) is 29.2. The van der Waals surface area contributed by atoms with Gasteiger partial charge < -0.3 is 9.47 Å². The summed E-state index contributed by atoms with van der Waals surface area (Å²) in [6.07, 6.45) is 42.6. The van der Waals surface area contributed by atoms with Crippen molar-refractivity contribution >= 4 is 23.7 Å². The first kappa shape index (κ1) is 54.3. The van der Waals surface area contributed by atoms with Gasteiger partial charge in [0.25, 0.3) is 0 Å². The number of unbranched alkanes of at least 4 members (excludes halogenated alkanes) is 24. The van der Waals surface area contributed by atoms with Crippen LogP contribution < -0.4 is 0 Å². The normalized spacial score (nSPS) is 13.2. The molecule has 0 aliphatic heterocycles. The Morgan fingerprint density at radius 3 is 0.745 bits per heavy atom. The molecule has 0 fully saturated rings. The van der Waals surface area contributed by atoms with Crippen LogP contribution in [0.1, 0.15) is 287 Å². The Morgan fingerprint density at radius 2 is 0.527 bits per heavy atom. The van der Waals surface area contributed by atoms with E-state index in [1.165, 1.54) is 166 Å². The van der Waals surface area contributed by atoms with Crippen molar-refractivity contribution in [2.75, 3.05) is 0 Å². The summed E-state index contributed by atoms with van der Waals surface area (Å²) in [6.45, 7) is 17.5. The van der Waals surface area contributed by atoms with Gasteiger partial charge >= 0.3 is 11.9 Å². The van der Waals surface area contributed by atoms with Crippen LogP contribution >= 0.6 is 11.8 Å². The maximum atomic E-state index is 14.1. The molecule has 2 atom stereocenters. The SMILES string of the molecule is CCCCCCCCCC(CCCCCC)(CCCCCC)OC(=O)C(C)SC(C)C(=O)OC(CCCCCC)(CCCCCC)CCCCCCCCC. The minimum atomic E-state index is -0.408. The van der Waals surface area contributed by atoms with E-state index in [2.05, 4.69) is 41.5 Å². The van der Waals surface area contributed by atoms with Crippen LogP contribution in [0.4, 0.5) is 0 Å². The molecular weight excluding hydrogens is 697 g/mol. The molecule has 5 heteroatoms. The molecule has 4 nitrogen and oxygen atoms in total. The van der Waals surface area contributed by atoms with Gasteiger partial charge in [-0.3, -0.25) is 9.59 Å². The first-order valence-corrected chi connectivity index (χ1v) is 25.7. The van der Waals surface area contributed by atoms with Crippen molar-refractivity contribution in [2.45, 2.75) is 308 Å². The fourth-order valence-corrected chi connectivity index (χ4v) is 9.30. The van der Waals surface area contributed by atoms with Crippen LogP contribution in [0.3, 0.4) is 0 Å². The number of hydrogen-bond acceptors (Lipinski definition) is 5. The molecule has 0 N–H and O–H groups in total. The molecule has 55 heavy (non-hydrogen) atoms. The molecule has 0 radical (unpaired) electrons. The zero-order chi connectivity index (χ0) is 40.9. The highest BCUT2D eigenvalue weighted by Gasteiger charge is 2.38. The van der Waals surface area contributed by atoms with Crippen LogP contribution in [-0.4, -0.2) is 33.6 Å². The molecule has 0 rings (SSSR count). The molecule has 0 aromatic heterocycles. The lowest BCUT2D eigenvalue weighted by molar-refractivity contribution is -0.162. The molecule has 0 aliphatic carbocycles. The van der Waals surface area contributed by atoms with Crippen LogP contribution in [0.25, 0.3) is 0 Å². The van der Waals surface area contributed by atoms with Crippen LogP contribution in [0, 0.1) is 0 Å². The van der Waals surface area contributed by atoms with Gasteiger partial charge in [0.2, 0.25) is 0 Å². The first-order valence-electron chi connectivity index (χ1n) is 24.8. The number of thioether (sulfide) groups is 1. The van der Waals surface area contributed by atoms with Crippen molar-refractivity contribution in [3.05, 3.63) is 0 Å². The predicted molar refractivity (Wildman–Crippen MR) is 244 cm³/mol. The third-order valence-corrected chi connectivity index (χ3v) is 13.3. The van der Waals surface area contributed by atoms with E-state index in [9.17, 15) is 9.59 Å². The summed E-state index contributed by atoms with van der Waals surface area (Å²) in [7, 11) is 0. The molecule has 0 aliphatic rings. The van der Waals surface area contributed by atoms with Crippen LogP contribution in [0.5, 0.6) is 0 Å². The quantitative estimate of drug-likeness (QED) is 0.0455. The van der Waals surface area contributed by atoms with Gasteiger partial charge in [-0.05, 0) is 90.9 Å². The zero-order valence-corrected chi connectivity index (χ0v) is 39.5. The zero-order valence-electron chi connectivity index (χ0n) is 38.7. The van der Waals surface area contributed by atoms with Crippen molar-refractivity contribution in [1.29, 1.82) is 0 Å². The van der Waals surface area contributed by atoms with E-state index < -0.39 is 10.5 Å². The Bertz CT molecular complexity index is 767. The predicted octanol–water partition coefficient (Wildman–Crippen LogP) is 17.2. The maximum Gasteiger partial charge on any atom is 0.319 e. The summed E-state index contributed by atoms with van der Waals surface area (Å²) < 4.78 is 13.5. The lowest BCUT2D eigenvalue weighted by atomic mass is 9.84. The molecule has 0 saturated carbocycles. The summed E-state index contributed by atoms with van der Waals surface area (Å²) in [5, 5.41) is -0.817. The number of rotatable bonds is 42. The largest absolute Gasteiger partial charge is 0.458 e. The molecule has 0 saturated heterocycles. The monoisotopic (exact) mass is 795 g/mol. The summed E-state index contributed by atoms with van der Waals surface area (Å²) in [5.41, 5.74) is -0.771. The second-order valence-electron chi connectivity index (χ2n) is 17.6. The highest BCUT2D eigenvalue weighted by Crippen LogP contribution is 2.37. The summed E-state index contributed by atoms with van der Waals surface area (Å²) in [5.74, 6) is -0.265. The second-order valence-corrected chi connectivity index (χ2v) is 19.3. The molecule has 0 spiro atoms. The maximum absolute atomic E-state index is 14.1. The number of carbonyl (C=O) groups excluding carboxylic acids is 2. The molecule has 0 aromatic rings. The van der Waals surface area contributed by atoms with Gasteiger partial charge in [-0.25, -0.2) is 0 Å².